The van der Waals surface area contributed by atoms with Crippen LogP contribution in [-0.2, 0) is 33.0 Å². The maximum absolute atomic E-state index is 14.9. The number of hydrogen-bond acceptors (Lipinski definition) is 9. The van der Waals surface area contributed by atoms with E-state index in [-0.39, 0.29) is 36.6 Å². The second kappa shape index (κ2) is 14.0. The number of rotatable bonds is 11. The number of nitrogens with zero attached hydrogens (tertiary/aromatic N) is 6. The van der Waals surface area contributed by atoms with E-state index in [4.69, 9.17) is 4.74 Å². The highest BCUT2D eigenvalue weighted by Gasteiger charge is 2.66. The Hall–Kier alpha value is -4.76. The summed E-state index contributed by atoms with van der Waals surface area (Å²) in [6.45, 7) is 6.62. The molecule has 4 aromatic rings. The minimum absolute atomic E-state index is 0.0739. The monoisotopic (exact) mass is 724 g/mol. The van der Waals surface area contributed by atoms with E-state index in [1.807, 2.05) is 74.6 Å². The molecule has 13 nitrogen and oxygen atoms in total. The Labute approximate surface area is 303 Å². The molecule has 52 heavy (non-hydrogen) atoms. The van der Waals surface area contributed by atoms with Crippen LogP contribution in [0.1, 0.15) is 60.9 Å². The van der Waals surface area contributed by atoms with Gasteiger partial charge in [0.15, 0.2) is 13.9 Å². The van der Waals surface area contributed by atoms with Gasteiger partial charge in [0.25, 0.3) is 11.6 Å². The first-order valence-corrected chi connectivity index (χ1v) is 20.9. The van der Waals surface area contributed by atoms with Crippen molar-refractivity contribution in [3.05, 3.63) is 111 Å². The fraction of sp³-hybridized carbons (Fsp3) is 0.421. The second-order valence-corrected chi connectivity index (χ2v) is 18.7. The van der Waals surface area contributed by atoms with E-state index >= 15 is 0 Å². The van der Waals surface area contributed by atoms with Gasteiger partial charge in [0, 0.05) is 60.5 Å². The number of anilines is 2. The van der Waals surface area contributed by atoms with Gasteiger partial charge < -0.3 is 24.4 Å². The summed E-state index contributed by atoms with van der Waals surface area (Å²) in [5.41, 5.74) is 1.96. The number of benzene rings is 3. The molecule has 1 aromatic heterocycles. The Morgan fingerprint density at radius 1 is 1.08 bits per heavy atom. The van der Waals surface area contributed by atoms with Crippen molar-refractivity contribution in [3.63, 3.8) is 0 Å². The van der Waals surface area contributed by atoms with E-state index < -0.39 is 36.4 Å². The molecule has 2 saturated heterocycles. The van der Waals surface area contributed by atoms with Crippen molar-refractivity contribution in [2.45, 2.75) is 82.0 Å². The Balaban J connectivity index is 1.20. The number of hydrogen-bond donors (Lipinski definition) is 2. The molecule has 0 saturated carbocycles. The number of ether oxygens (including phenoxy) is 1. The Morgan fingerprint density at radius 3 is 2.58 bits per heavy atom. The molecule has 2 fully saturated rings. The minimum atomic E-state index is -3.01. The fourth-order valence-corrected chi connectivity index (χ4v) is 11.2. The number of fused-ring (bicyclic) bond motifs is 2. The third kappa shape index (κ3) is 6.33. The first kappa shape index (κ1) is 35.6. The highest BCUT2D eigenvalue weighted by atomic mass is 28.4. The number of aliphatic hydroxyl groups excluding tert-OH is 1. The van der Waals surface area contributed by atoms with Crippen LogP contribution in [0.4, 0.5) is 17.1 Å². The van der Waals surface area contributed by atoms with Crippen LogP contribution in [0.25, 0.3) is 0 Å². The molecule has 3 aromatic carbocycles. The topological polar surface area (TPSA) is 164 Å². The van der Waals surface area contributed by atoms with Crippen molar-refractivity contribution < 1.29 is 29.2 Å². The molecule has 3 aliphatic rings. The normalized spacial score (nSPS) is 23.8. The van der Waals surface area contributed by atoms with E-state index in [0.717, 1.165) is 29.7 Å². The van der Waals surface area contributed by atoms with Gasteiger partial charge in [-0.05, 0) is 61.7 Å². The second-order valence-electron chi connectivity index (χ2n) is 14.7. The zero-order valence-corrected chi connectivity index (χ0v) is 30.6. The van der Waals surface area contributed by atoms with Crippen molar-refractivity contribution in [1.82, 2.24) is 15.0 Å². The number of aliphatic hydroxyl groups is 1. The zero-order valence-electron chi connectivity index (χ0n) is 29.6. The number of nitro groups is 1. The molecule has 5 atom stereocenters. The molecule has 1 spiro atoms. The van der Waals surface area contributed by atoms with Crippen molar-refractivity contribution in [2.24, 2.45) is 5.92 Å². The molecular formula is C38H44N6O7Si. The zero-order chi connectivity index (χ0) is 36.8. The highest BCUT2D eigenvalue weighted by molar-refractivity contribution is 6.71. The molecule has 272 valence electrons. The van der Waals surface area contributed by atoms with Crippen LogP contribution in [0.5, 0.6) is 0 Å². The molecule has 0 bridgehead atoms. The largest absolute Gasteiger partial charge is 0.432 e. The van der Waals surface area contributed by atoms with Crippen LogP contribution in [0.3, 0.4) is 0 Å². The number of piperidine rings is 1. The van der Waals surface area contributed by atoms with Crippen LogP contribution in [-0.4, -0.2) is 69.2 Å². The first-order chi connectivity index (χ1) is 24.9. The van der Waals surface area contributed by atoms with Crippen molar-refractivity contribution in [2.75, 3.05) is 23.0 Å². The van der Waals surface area contributed by atoms with Crippen molar-refractivity contribution in [3.8, 4) is 0 Å². The van der Waals surface area contributed by atoms with Crippen LogP contribution in [0, 0.1) is 16.0 Å². The number of amides is 2. The van der Waals surface area contributed by atoms with Gasteiger partial charge in [-0.3, -0.25) is 24.4 Å². The summed E-state index contributed by atoms with van der Waals surface area (Å²) in [4.78, 5) is 54.3. The average Bonchev–Trinajstić information content (AvgIpc) is 3.78. The summed E-state index contributed by atoms with van der Waals surface area (Å²) in [7, 11) is -3.01. The third-order valence-electron chi connectivity index (χ3n) is 11.0. The predicted octanol–water partition coefficient (Wildman–Crippen LogP) is 5.26. The van der Waals surface area contributed by atoms with Crippen LogP contribution >= 0.6 is 0 Å². The summed E-state index contributed by atoms with van der Waals surface area (Å²) >= 11 is 0. The lowest BCUT2D eigenvalue weighted by molar-refractivity contribution is -0.385. The third-order valence-corrected chi connectivity index (χ3v) is 13.5. The number of aryl methyl sites for hydroxylation is 1. The van der Waals surface area contributed by atoms with Gasteiger partial charge >= 0.3 is 0 Å². The fourth-order valence-electron chi connectivity index (χ4n) is 8.59. The summed E-state index contributed by atoms with van der Waals surface area (Å²) in [5.74, 6) is -1.11. The van der Waals surface area contributed by atoms with E-state index in [1.54, 1.807) is 26.7 Å². The SMILES string of the molecule is C[C@@H]1[C@@H]([Si](C)(C)O)[C@H](CCn2cc(C(CO)c3ccccc3)nn2)O[C@@]12C(=O)N(Cc1cccc(N3CCCCC3=O)c1)c1ccc([N+](=O)[O-])cc12. The van der Waals surface area contributed by atoms with Crippen molar-refractivity contribution >= 4 is 37.2 Å². The number of non-ortho nitro benzene ring substituents is 1. The Bertz CT molecular complexity index is 1980. The van der Waals surface area contributed by atoms with Gasteiger partial charge in [-0.25, -0.2) is 0 Å². The molecule has 0 aliphatic carbocycles. The number of carbonyl (C=O) groups is 2. The van der Waals surface area contributed by atoms with Gasteiger partial charge in [0.2, 0.25) is 5.91 Å². The molecule has 7 rings (SSSR count). The predicted molar refractivity (Wildman–Crippen MR) is 196 cm³/mol. The van der Waals surface area contributed by atoms with Crippen LogP contribution in [0.2, 0.25) is 18.6 Å². The lowest BCUT2D eigenvalue weighted by Gasteiger charge is -2.32. The van der Waals surface area contributed by atoms with Gasteiger partial charge in [0.1, 0.15) is 0 Å². The van der Waals surface area contributed by atoms with E-state index in [1.165, 1.54) is 12.1 Å². The lowest BCUT2D eigenvalue weighted by atomic mass is 9.82. The van der Waals surface area contributed by atoms with Gasteiger partial charge in [-0.1, -0.05) is 54.6 Å². The summed E-state index contributed by atoms with van der Waals surface area (Å²) in [6.07, 6.45) is 3.92. The highest BCUT2D eigenvalue weighted by Crippen LogP contribution is 2.60. The minimum Gasteiger partial charge on any atom is -0.432 e. The summed E-state index contributed by atoms with van der Waals surface area (Å²) in [5, 5.41) is 30.9. The quantitative estimate of drug-likeness (QED) is 0.119. The standard InChI is InChI=1S/C38H44N6O7Si/c1-25-36(52(2,3)50)34(17-19-41-23-32(39-40-41)30(24-45)27-11-5-4-6-12-27)51-38(25)31-21-29(44(48)49)15-16-33(31)43(37(38)47)22-26-10-9-13-28(20-26)42-18-8-7-14-35(42)46/h4-6,9-13,15-16,20-21,23,25,30,34,36,45,50H,7-8,14,17-19,22,24H2,1-3H3/t25-,30?,34+,36-,38+/m1/s1. The van der Waals surface area contributed by atoms with E-state index in [0.29, 0.717) is 42.9 Å². The first-order valence-electron chi connectivity index (χ1n) is 17.9. The Morgan fingerprint density at radius 2 is 1.87 bits per heavy atom. The smallest absolute Gasteiger partial charge is 0.269 e. The van der Waals surface area contributed by atoms with Crippen LogP contribution in [0.15, 0.2) is 79.0 Å². The average molecular weight is 725 g/mol. The van der Waals surface area contributed by atoms with E-state index in [2.05, 4.69) is 10.3 Å². The lowest BCUT2D eigenvalue weighted by Crippen LogP contribution is -2.46. The molecular weight excluding hydrogens is 681 g/mol. The molecule has 14 heteroatoms. The number of aromatic nitrogens is 3. The maximum Gasteiger partial charge on any atom is 0.269 e. The molecule has 3 aliphatic heterocycles. The number of nitro benzene ring substituents is 1. The summed E-state index contributed by atoms with van der Waals surface area (Å²) in [6, 6.07) is 21.6. The van der Waals surface area contributed by atoms with Crippen molar-refractivity contribution in [1.29, 1.82) is 0 Å². The molecule has 2 N–H and O–H groups in total. The van der Waals surface area contributed by atoms with Gasteiger partial charge in [-0.2, -0.15) is 0 Å². The maximum atomic E-state index is 14.9. The van der Waals surface area contributed by atoms with Gasteiger partial charge in [0.05, 0.1) is 41.5 Å². The van der Waals surface area contributed by atoms with Gasteiger partial charge in [-0.15, -0.1) is 5.10 Å². The molecule has 2 amide bonds. The molecule has 0 radical (unpaired) electrons. The van der Waals surface area contributed by atoms with Crippen LogP contribution < -0.4 is 9.80 Å². The Kier molecular flexibility index (Phi) is 9.59. The number of carbonyl (C=O) groups excluding carboxylic acids is 2. The molecule has 1 unspecified atom stereocenters. The molecule has 4 heterocycles. The summed E-state index contributed by atoms with van der Waals surface area (Å²) < 4.78 is 8.59. The van der Waals surface area contributed by atoms with E-state index in [9.17, 15) is 29.6 Å².